The topological polar surface area (TPSA) is 41.9 Å². The lowest BCUT2D eigenvalue weighted by Crippen LogP contribution is -2.12. The predicted octanol–water partition coefficient (Wildman–Crippen LogP) is 1.07. The van der Waals surface area contributed by atoms with Gasteiger partial charge in [-0.1, -0.05) is 11.6 Å². The average Bonchev–Trinajstić information content (AvgIpc) is 2.37. The molecule has 0 atom stereocenters. The lowest BCUT2D eigenvalue weighted by Gasteiger charge is -1.99. The van der Waals surface area contributed by atoms with Gasteiger partial charge in [0.25, 0.3) is 0 Å². The number of rotatable bonds is 1. The molecule has 0 fully saturated rings. The van der Waals surface area contributed by atoms with Crippen molar-refractivity contribution in [3.63, 3.8) is 0 Å². The van der Waals surface area contributed by atoms with E-state index in [1.165, 1.54) is 0 Å². The third-order valence-electron chi connectivity index (χ3n) is 2.25. The first-order chi connectivity index (χ1) is 6.33. The zero-order valence-electron chi connectivity index (χ0n) is 7.60. The van der Waals surface area contributed by atoms with E-state index in [4.69, 9.17) is 11.6 Å². The molecule has 0 saturated carbocycles. The highest BCUT2D eigenvalue weighted by atomic mass is 35.5. The second-order valence-corrected chi connectivity index (χ2v) is 3.49. The lowest BCUT2D eigenvalue weighted by atomic mass is 10.4. The van der Waals surface area contributed by atoms with Gasteiger partial charge in [-0.2, -0.15) is 5.10 Å². The van der Waals surface area contributed by atoms with Gasteiger partial charge < -0.3 is 10.6 Å². The van der Waals surface area contributed by atoms with Gasteiger partial charge in [-0.25, -0.2) is 0 Å². The maximum Gasteiger partial charge on any atom is 0.166 e. The summed E-state index contributed by atoms with van der Waals surface area (Å²) in [4.78, 5) is 0. The molecule has 2 N–H and O–H groups in total. The third-order valence-corrected chi connectivity index (χ3v) is 2.64. The molecule has 1 aromatic rings. The standard InChI is InChI=1S/C8H13ClN4/c1-10-8-7(9)6-5-11-3-2-4-13(6)12-8/h11H,2-5H2,1H3,(H,10,12). The van der Waals surface area contributed by atoms with Gasteiger partial charge in [-0.3, -0.25) is 4.68 Å². The number of nitrogens with one attached hydrogen (secondary N) is 2. The minimum absolute atomic E-state index is 0.747. The molecule has 1 aliphatic heterocycles. The minimum atomic E-state index is 0.747. The highest BCUT2D eigenvalue weighted by Gasteiger charge is 2.16. The average molecular weight is 201 g/mol. The Balaban J connectivity index is 2.38. The summed E-state index contributed by atoms with van der Waals surface area (Å²) >= 11 is 6.13. The van der Waals surface area contributed by atoms with E-state index in [9.17, 15) is 0 Å². The Hall–Kier alpha value is -0.740. The molecule has 0 aromatic carbocycles. The van der Waals surface area contributed by atoms with Crippen LogP contribution in [0, 0.1) is 0 Å². The Kier molecular flexibility index (Phi) is 2.42. The van der Waals surface area contributed by atoms with E-state index in [0.717, 1.165) is 42.6 Å². The number of aryl methyl sites for hydroxylation is 1. The molecule has 2 rings (SSSR count). The second kappa shape index (κ2) is 3.55. The Morgan fingerprint density at radius 3 is 3.23 bits per heavy atom. The van der Waals surface area contributed by atoms with Crippen molar-refractivity contribution < 1.29 is 0 Å². The van der Waals surface area contributed by atoms with E-state index >= 15 is 0 Å². The Morgan fingerprint density at radius 1 is 1.62 bits per heavy atom. The number of nitrogens with zero attached hydrogens (tertiary/aromatic N) is 2. The van der Waals surface area contributed by atoms with E-state index < -0.39 is 0 Å². The van der Waals surface area contributed by atoms with Gasteiger partial charge in [0.1, 0.15) is 5.02 Å². The molecule has 13 heavy (non-hydrogen) atoms. The monoisotopic (exact) mass is 200 g/mol. The van der Waals surface area contributed by atoms with Crippen LogP contribution in [-0.4, -0.2) is 23.4 Å². The van der Waals surface area contributed by atoms with Gasteiger partial charge in [-0.15, -0.1) is 0 Å². The summed E-state index contributed by atoms with van der Waals surface area (Å²) < 4.78 is 1.98. The Morgan fingerprint density at radius 2 is 2.46 bits per heavy atom. The van der Waals surface area contributed by atoms with Crippen LogP contribution in [0.1, 0.15) is 12.1 Å². The molecule has 0 amide bonds. The van der Waals surface area contributed by atoms with Gasteiger partial charge in [-0.05, 0) is 13.0 Å². The molecule has 1 aromatic heterocycles. The van der Waals surface area contributed by atoms with Crippen molar-refractivity contribution in [1.29, 1.82) is 0 Å². The summed E-state index contributed by atoms with van der Waals surface area (Å²) in [6, 6.07) is 0. The molecule has 0 bridgehead atoms. The van der Waals surface area contributed by atoms with Crippen LogP contribution >= 0.6 is 11.6 Å². The number of fused-ring (bicyclic) bond motifs is 1. The zero-order valence-corrected chi connectivity index (χ0v) is 8.36. The SMILES string of the molecule is CNc1nn2c(c1Cl)CNCCC2. The van der Waals surface area contributed by atoms with Crippen LogP contribution in [0.25, 0.3) is 0 Å². The van der Waals surface area contributed by atoms with Crippen LogP contribution in [0.3, 0.4) is 0 Å². The number of hydrogen-bond donors (Lipinski definition) is 2. The van der Waals surface area contributed by atoms with Crippen molar-refractivity contribution in [1.82, 2.24) is 15.1 Å². The van der Waals surface area contributed by atoms with Crippen molar-refractivity contribution in [3.8, 4) is 0 Å². The van der Waals surface area contributed by atoms with E-state index in [1.807, 2.05) is 11.7 Å². The van der Waals surface area contributed by atoms with E-state index in [0.29, 0.717) is 0 Å². The van der Waals surface area contributed by atoms with Gasteiger partial charge in [0, 0.05) is 20.1 Å². The minimum Gasteiger partial charge on any atom is -0.370 e. The van der Waals surface area contributed by atoms with Crippen LogP contribution in [0.2, 0.25) is 5.02 Å². The largest absolute Gasteiger partial charge is 0.370 e. The van der Waals surface area contributed by atoms with Crippen LogP contribution < -0.4 is 10.6 Å². The lowest BCUT2D eigenvalue weighted by molar-refractivity contribution is 0.589. The highest BCUT2D eigenvalue weighted by molar-refractivity contribution is 6.33. The summed E-state index contributed by atoms with van der Waals surface area (Å²) in [5.74, 6) is 0.778. The van der Waals surface area contributed by atoms with Crippen LogP contribution in [0.15, 0.2) is 0 Å². The van der Waals surface area contributed by atoms with Crippen LogP contribution in [0.4, 0.5) is 5.82 Å². The number of anilines is 1. The molecule has 0 unspecified atom stereocenters. The summed E-state index contributed by atoms with van der Waals surface area (Å²) in [7, 11) is 1.83. The van der Waals surface area contributed by atoms with Gasteiger partial charge in [0.05, 0.1) is 5.69 Å². The molecule has 72 valence electrons. The molecule has 0 radical (unpaired) electrons. The first-order valence-corrected chi connectivity index (χ1v) is 4.84. The number of hydrogen-bond acceptors (Lipinski definition) is 3. The van der Waals surface area contributed by atoms with Crippen molar-refractivity contribution in [2.75, 3.05) is 18.9 Å². The summed E-state index contributed by atoms with van der Waals surface area (Å²) in [6.45, 7) is 2.80. The van der Waals surface area contributed by atoms with Crippen molar-refractivity contribution in [2.24, 2.45) is 0 Å². The molecule has 5 heteroatoms. The fourth-order valence-electron chi connectivity index (χ4n) is 1.55. The van der Waals surface area contributed by atoms with Gasteiger partial charge >= 0.3 is 0 Å². The molecule has 0 spiro atoms. The van der Waals surface area contributed by atoms with E-state index in [1.54, 1.807) is 0 Å². The number of halogens is 1. The fraction of sp³-hybridized carbons (Fsp3) is 0.625. The smallest absolute Gasteiger partial charge is 0.166 e. The maximum atomic E-state index is 6.13. The molecule has 0 saturated heterocycles. The molecule has 2 heterocycles. The summed E-state index contributed by atoms with van der Waals surface area (Å²) in [6.07, 6.45) is 1.11. The van der Waals surface area contributed by atoms with Crippen molar-refractivity contribution in [2.45, 2.75) is 19.5 Å². The van der Waals surface area contributed by atoms with Crippen molar-refractivity contribution in [3.05, 3.63) is 10.7 Å². The molecular formula is C8H13ClN4. The first-order valence-electron chi connectivity index (χ1n) is 4.46. The third kappa shape index (κ3) is 1.51. The van der Waals surface area contributed by atoms with E-state index in [-0.39, 0.29) is 0 Å². The normalized spacial score (nSPS) is 16.5. The molecular weight excluding hydrogens is 188 g/mol. The summed E-state index contributed by atoms with van der Waals surface area (Å²) in [5.41, 5.74) is 1.09. The van der Waals surface area contributed by atoms with Gasteiger partial charge in [0.2, 0.25) is 0 Å². The molecule has 1 aliphatic rings. The highest BCUT2D eigenvalue weighted by Crippen LogP contribution is 2.25. The molecule has 0 aliphatic carbocycles. The number of aromatic nitrogens is 2. The predicted molar refractivity (Wildman–Crippen MR) is 53.1 cm³/mol. The summed E-state index contributed by atoms with van der Waals surface area (Å²) in [5, 5.41) is 11.4. The maximum absolute atomic E-state index is 6.13. The van der Waals surface area contributed by atoms with Crippen molar-refractivity contribution >= 4 is 17.4 Å². The van der Waals surface area contributed by atoms with E-state index in [2.05, 4.69) is 15.7 Å². The second-order valence-electron chi connectivity index (χ2n) is 3.11. The Bertz CT molecular complexity index is 307. The van der Waals surface area contributed by atoms with Gasteiger partial charge in [0.15, 0.2) is 5.82 Å². The first kappa shape index (κ1) is 8.84. The van der Waals surface area contributed by atoms with Crippen LogP contribution in [-0.2, 0) is 13.1 Å². The molecule has 4 nitrogen and oxygen atoms in total. The quantitative estimate of drug-likeness (QED) is 0.713. The zero-order chi connectivity index (χ0) is 9.26. The Labute approximate surface area is 82.3 Å². The fourth-order valence-corrected chi connectivity index (χ4v) is 1.85. The van der Waals surface area contributed by atoms with Crippen LogP contribution in [0.5, 0.6) is 0 Å².